The number of nitriles is 1. The first-order chi connectivity index (χ1) is 9.59. The maximum absolute atomic E-state index is 9.26. The van der Waals surface area contributed by atoms with E-state index < -0.39 is 5.54 Å². The van der Waals surface area contributed by atoms with E-state index in [1.807, 2.05) is 0 Å². The molecule has 2 rings (SSSR count). The molecule has 1 saturated heterocycles. The van der Waals surface area contributed by atoms with Crippen molar-refractivity contribution in [1.82, 2.24) is 9.80 Å². The maximum atomic E-state index is 9.26. The number of hydrogen-bond donors (Lipinski definition) is 1. The lowest BCUT2D eigenvalue weighted by atomic mass is 9.87. The van der Waals surface area contributed by atoms with E-state index in [4.69, 9.17) is 5.73 Å². The van der Waals surface area contributed by atoms with Gasteiger partial charge >= 0.3 is 0 Å². The summed E-state index contributed by atoms with van der Waals surface area (Å²) in [6.45, 7) is 10.4. The van der Waals surface area contributed by atoms with Crippen molar-refractivity contribution >= 4 is 0 Å². The van der Waals surface area contributed by atoms with E-state index in [0.29, 0.717) is 12.0 Å². The van der Waals surface area contributed by atoms with Crippen molar-refractivity contribution in [2.75, 3.05) is 32.7 Å². The van der Waals surface area contributed by atoms with Crippen LogP contribution in [0.3, 0.4) is 0 Å². The highest BCUT2D eigenvalue weighted by atomic mass is 15.3. The monoisotopic (exact) mass is 278 g/mol. The Balaban J connectivity index is 1.73. The number of rotatable bonds is 5. The van der Waals surface area contributed by atoms with Crippen molar-refractivity contribution in [2.24, 2.45) is 11.7 Å². The molecule has 0 aromatic rings. The predicted octanol–water partition coefficient (Wildman–Crippen LogP) is 1.81. The van der Waals surface area contributed by atoms with Gasteiger partial charge in [0.1, 0.15) is 5.54 Å². The summed E-state index contributed by atoms with van der Waals surface area (Å²) in [7, 11) is 0. The van der Waals surface area contributed by atoms with Gasteiger partial charge in [0.2, 0.25) is 0 Å². The Hall–Kier alpha value is -0.630. The molecule has 20 heavy (non-hydrogen) atoms. The van der Waals surface area contributed by atoms with Crippen molar-refractivity contribution in [2.45, 2.75) is 57.5 Å². The largest absolute Gasteiger partial charge is 0.313 e. The second kappa shape index (κ2) is 6.89. The molecule has 0 amide bonds. The lowest BCUT2D eigenvalue weighted by molar-refractivity contribution is 0.0952. The second-order valence-corrected chi connectivity index (χ2v) is 6.66. The summed E-state index contributed by atoms with van der Waals surface area (Å²) in [4.78, 5) is 5.14. The Morgan fingerprint density at radius 3 is 2.65 bits per heavy atom. The van der Waals surface area contributed by atoms with Gasteiger partial charge < -0.3 is 10.6 Å². The normalized spacial score (nSPS) is 34.0. The van der Waals surface area contributed by atoms with Crippen molar-refractivity contribution in [3.05, 3.63) is 0 Å². The summed E-state index contributed by atoms with van der Waals surface area (Å²) < 4.78 is 0. The van der Waals surface area contributed by atoms with E-state index in [-0.39, 0.29) is 0 Å². The molecular weight excluding hydrogens is 248 g/mol. The minimum atomic E-state index is -0.543. The minimum absolute atomic E-state index is 0.403. The first-order valence-corrected chi connectivity index (χ1v) is 8.25. The highest BCUT2D eigenvalue weighted by Crippen LogP contribution is 2.35. The van der Waals surface area contributed by atoms with Gasteiger partial charge in [-0.3, -0.25) is 4.90 Å². The Bertz CT molecular complexity index is 343. The lowest BCUT2D eigenvalue weighted by Gasteiger charge is -2.38. The van der Waals surface area contributed by atoms with Crippen LogP contribution in [0.15, 0.2) is 0 Å². The zero-order chi connectivity index (χ0) is 14.6. The molecule has 2 aliphatic rings. The van der Waals surface area contributed by atoms with Crippen LogP contribution in [0.1, 0.15) is 46.0 Å². The average molecular weight is 278 g/mol. The van der Waals surface area contributed by atoms with Crippen molar-refractivity contribution < 1.29 is 0 Å². The third-order valence-corrected chi connectivity index (χ3v) is 5.49. The maximum Gasteiger partial charge on any atom is 0.107 e. The number of nitrogens with zero attached hydrogens (tertiary/aromatic N) is 3. The zero-order valence-corrected chi connectivity index (χ0v) is 13.1. The predicted molar refractivity (Wildman–Crippen MR) is 82.3 cm³/mol. The van der Waals surface area contributed by atoms with Gasteiger partial charge in [-0.1, -0.05) is 13.3 Å². The smallest absolute Gasteiger partial charge is 0.107 e. The van der Waals surface area contributed by atoms with Gasteiger partial charge in [-0.05, 0) is 45.1 Å². The van der Waals surface area contributed by atoms with Crippen LogP contribution in [0.4, 0.5) is 0 Å². The van der Waals surface area contributed by atoms with E-state index in [2.05, 4.69) is 29.7 Å². The SMILES string of the molecule is CCC(C)N1CCN(CCC2CCCC2(N)C#N)CC1. The second-order valence-electron chi connectivity index (χ2n) is 6.66. The molecule has 4 nitrogen and oxygen atoms in total. The van der Waals surface area contributed by atoms with Gasteiger partial charge in [0.15, 0.2) is 0 Å². The van der Waals surface area contributed by atoms with E-state index in [0.717, 1.165) is 32.2 Å². The fraction of sp³-hybridized carbons (Fsp3) is 0.938. The van der Waals surface area contributed by atoms with E-state index in [9.17, 15) is 5.26 Å². The van der Waals surface area contributed by atoms with E-state index in [1.165, 1.54) is 32.6 Å². The molecule has 0 aromatic carbocycles. The Morgan fingerprint density at radius 2 is 2.05 bits per heavy atom. The number of nitrogens with two attached hydrogens (primary N) is 1. The van der Waals surface area contributed by atoms with Crippen molar-refractivity contribution in [1.29, 1.82) is 5.26 Å². The van der Waals surface area contributed by atoms with Crippen LogP contribution in [0.5, 0.6) is 0 Å². The fourth-order valence-electron chi connectivity index (χ4n) is 3.68. The molecule has 0 radical (unpaired) electrons. The number of piperazine rings is 1. The molecule has 1 aliphatic carbocycles. The molecule has 114 valence electrons. The molecule has 4 heteroatoms. The Labute approximate surface area is 123 Å². The lowest BCUT2D eigenvalue weighted by Crippen LogP contribution is -2.50. The van der Waals surface area contributed by atoms with Crippen LogP contribution < -0.4 is 5.73 Å². The van der Waals surface area contributed by atoms with Crippen molar-refractivity contribution in [3.63, 3.8) is 0 Å². The molecule has 3 unspecified atom stereocenters. The molecule has 0 spiro atoms. The highest BCUT2D eigenvalue weighted by Gasteiger charge is 2.39. The summed E-state index contributed by atoms with van der Waals surface area (Å²) in [6.07, 6.45) is 5.47. The topological polar surface area (TPSA) is 56.3 Å². The van der Waals surface area contributed by atoms with Crippen LogP contribution in [0.2, 0.25) is 0 Å². The van der Waals surface area contributed by atoms with Crippen LogP contribution >= 0.6 is 0 Å². The van der Waals surface area contributed by atoms with Gasteiger partial charge in [-0.25, -0.2) is 0 Å². The Kier molecular flexibility index (Phi) is 5.42. The van der Waals surface area contributed by atoms with Gasteiger partial charge in [0.25, 0.3) is 0 Å². The quantitative estimate of drug-likeness (QED) is 0.833. The standard InChI is InChI=1S/C16H30N4/c1-3-14(2)20-11-9-19(10-12-20)8-6-15-5-4-7-16(15,18)13-17/h14-15H,3-12,18H2,1-2H3. The molecule has 2 N–H and O–H groups in total. The summed E-state index contributed by atoms with van der Waals surface area (Å²) >= 11 is 0. The van der Waals surface area contributed by atoms with Gasteiger partial charge in [-0.2, -0.15) is 5.26 Å². The van der Waals surface area contributed by atoms with Gasteiger partial charge in [0.05, 0.1) is 6.07 Å². The third kappa shape index (κ3) is 3.52. The molecule has 1 saturated carbocycles. The molecule has 1 heterocycles. The zero-order valence-electron chi connectivity index (χ0n) is 13.1. The first-order valence-electron chi connectivity index (χ1n) is 8.25. The highest BCUT2D eigenvalue weighted by molar-refractivity contribution is 5.12. The molecule has 0 aromatic heterocycles. The first kappa shape index (κ1) is 15.8. The molecular formula is C16H30N4. The van der Waals surface area contributed by atoms with Crippen molar-refractivity contribution in [3.8, 4) is 6.07 Å². The molecule has 3 atom stereocenters. The number of hydrogen-bond acceptors (Lipinski definition) is 4. The van der Waals surface area contributed by atoms with Gasteiger partial charge in [0, 0.05) is 32.2 Å². The van der Waals surface area contributed by atoms with Crippen LogP contribution in [-0.4, -0.2) is 54.1 Å². The van der Waals surface area contributed by atoms with Gasteiger partial charge in [-0.15, -0.1) is 0 Å². The average Bonchev–Trinajstić information content (AvgIpc) is 2.86. The van der Waals surface area contributed by atoms with Crippen LogP contribution in [0.25, 0.3) is 0 Å². The molecule has 1 aliphatic heterocycles. The van der Waals surface area contributed by atoms with Crippen LogP contribution in [0, 0.1) is 17.2 Å². The summed E-state index contributed by atoms with van der Waals surface area (Å²) in [5, 5.41) is 9.26. The summed E-state index contributed by atoms with van der Waals surface area (Å²) in [5.74, 6) is 0.403. The van der Waals surface area contributed by atoms with E-state index >= 15 is 0 Å². The molecule has 0 bridgehead atoms. The third-order valence-electron chi connectivity index (χ3n) is 5.49. The summed E-state index contributed by atoms with van der Waals surface area (Å²) in [5.41, 5.74) is 5.67. The fourth-order valence-corrected chi connectivity index (χ4v) is 3.68. The van der Waals surface area contributed by atoms with Crippen LogP contribution in [-0.2, 0) is 0 Å². The Morgan fingerprint density at radius 1 is 1.35 bits per heavy atom. The summed E-state index contributed by atoms with van der Waals surface area (Å²) in [6, 6.07) is 3.07. The van der Waals surface area contributed by atoms with E-state index in [1.54, 1.807) is 0 Å². The molecule has 2 fully saturated rings. The minimum Gasteiger partial charge on any atom is -0.313 e.